The van der Waals surface area contributed by atoms with Gasteiger partial charge in [-0.1, -0.05) is 18.2 Å². The molecule has 5 aliphatic rings. The van der Waals surface area contributed by atoms with Crippen LogP contribution in [0.5, 0.6) is 0 Å². The molecule has 29 heavy (non-hydrogen) atoms. The van der Waals surface area contributed by atoms with Gasteiger partial charge in [0.2, 0.25) is 11.8 Å². The summed E-state index contributed by atoms with van der Waals surface area (Å²) >= 11 is 0. The average Bonchev–Trinajstić information content (AvgIpc) is 2.71. The van der Waals surface area contributed by atoms with Gasteiger partial charge in [0.15, 0.2) is 0 Å². The predicted octanol–water partition coefficient (Wildman–Crippen LogP) is 3.41. The Morgan fingerprint density at radius 1 is 0.862 bits per heavy atom. The fraction of sp³-hybridized carbons (Fsp3) is 0.652. The van der Waals surface area contributed by atoms with Crippen molar-refractivity contribution < 1.29 is 9.59 Å². The topological polar surface area (TPSA) is 52.7 Å². The van der Waals surface area contributed by atoms with Crippen molar-refractivity contribution >= 4 is 29.9 Å². The van der Waals surface area contributed by atoms with Crippen molar-refractivity contribution in [2.75, 3.05) is 38.0 Å². The summed E-state index contributed by atoms with van der Waals surface area (Å²) in [6.07, 6.45) is 7.46. The number of carbonyl (C=O) groups is 2. The molecule has 4 saturated carbocycles. The van der Waals surface area contributed by atoms with Gasteiger partial charge >= 0.3 is 0 Å². The van der Waals surface area contributed by atoms with Crippen LogP contribution in [0.1, 0.15) is 38.5 Å². The van der Waals surface area contributed by atoms with Gasteiger partial charge in [-0.2, -0.15) is 0 Å². The minimum atomic E-state index is -0.0597. The van der Waals surface area contributed by atoms with Crippen molar-refractivity contribution in [2.45, 2.75) is 38.5 Å². The Bertz CT molecular complexity index is 710. The standard InChI is InChI=1S/C23H31N3O2.ClH/c27-21(16-24-20-4-2-1-3-5-20)25-6-8-26(9-7-25)22(28)23-13-17-10-18(14-23)12-19(11-17)15-23;/h1-5,17-19,24H,6-16H2;1H. The third-order valence-corrected chi connectivity index (χ3v) is 7.63. The molecule has 2 amide bonds. The first-order valence-electron chi connectivity index (χ1n) is 11.0. The van der Waals surface area contributed by atoms with Crippen molar-refractivity contribution in [3.8, 4) is 0 Å². The van der Waals surface area contributed by atoms with E-state index in [0.29, 0.717) is 38.6 Å². The van der Waals surface area contributed by atoms with Crippen LogP contribution in [-0.2, 0) is 9.59 Å². The molecule has 1 aromatic rings. The molecule has 1 saturated heterocycles. The molecule has 0 unspecified atom stereocenters. The largest absolute Gasteiger partial charge is 0.376 e. The fourth-order valence-electron chi connectivity index (χ4n) is 6.71. The zero-order valence-electron chi connectivity index (χ0n) is 17.0. The molecule has 5 nitrogen and oxygen atoms in total. The molecule has 158 valence electrons. The molecular formula is C23H32ClN3O2. The number of rotatable bonds is 4. The number of nitrogens with zero attached hydrogens (tertiary/aromatic N) is 2. The second kappa shape index (κ2) is 8.17. The zero-order chi connectivity index (χ0) is 19.1. The summed E-state index contributed by atoms with van der Waals surface area (Å²) in [7, 11) is 0. The molecule has 4 aliphatic carbocycles. The molecule has 1 heterocycles. The molecular weight excluding hydrogens is 386 g/mol. The van der Waals surface area contributed by atoms with Crippen LogP contribution in [0.2, 0.25) is 0 Å². The Hall–Kier alpha value is -1.75. The lowest BCUT2D eigenvalue weighted by Crippen LogP contribution is -2.59. The normalized spacial score (nSPS) is 32.6. The summed E-state index contributed by atoms with van der Waals surface area (Å²) in [6.45, 7) is 3.02. The van der Waals surface area contributed by atoms with E-state index in [1.54, 1.807) is 0 Å². The van der Waals surface area contributed by atoms with Crippen LogP contribution in [0, 0.1) is 23.2 Å². The van der Waals surface area contributed by atoms with E-state index in [4.69, 9.17) is 0 Å². The Morgan fingerprint density at radius 2 is 1.38 bits per heavy atom. The van der Waals surface area contributed by atoms with Crippen molar-refractivity contribution in [3.63, 3.8) is 0 Å². The quantitative estimate of drug-likeness (QED) is 0.816. The number of anilines is 1. The van der Waals surface area contributed by atoms with Crippen molar-refractivity contribution in [1.29, 1.82) is 0 Å². The number of piperazine rings is 1. The van der Waals surface area contributed by atoms with Crippen molar-refractivity contribution in [2.24, 2.45) is 23.2 Å². The first-order chi connectivity index (χ1) is 13.6. The molecule has 6 heteroatoms. The Balaban J connectivity index is 0.00000205. The van der Waals surface area contributed by atoms with Gasteiger partial charge in [-0.3, -0.25) is 9.59 Å². The van der Waals surface area contributed by atoms with E-state index in [9.17, 15) is 9.59 Å². The van der Waals surface area contributed by atoms with Gasteiger partial charge < -0.3 is 15.1 Å². The van der Waals surface area contributed by atoms with Crippen LogP contribution in [0.3, 0.4) is 0 Å². The molecule has 0 radical (unpaired) electrons. The number of carbonyl (C=O) groups excluding carboxylic acids is 2. The van der Waals surface area contributed by atoms with Crippen LogP contribution >= 0.6 is 12.4 Å². The Labute approximate surface area is 179 Å². The third kappa shape index (κ3) is 3.98. The first-order valence-corrected chi connectivity index (χ1v) is 11.0. The SMILES string of the molecule is Cl.O=C(CNc1ccccc1)N1CCN(C(=O)C23CC4CC(CC(C4)C2)C3)CC1. The highest BCUT2D eigenvalue weighted by molar-refractivity contribution is 5.85. The Kier molecular flexibility index (Phi) is 5.78. The van der Waals surface area contributed by atoms with E-state index in [2.05, 4.69) is 10.2 Å². The smallest absolute Gasteiger partial charge is 0.241 e. The summed E-state index contributed by atoms with van der Waals surface area (Å²) in [4.78, 5) is 30.0. The highest BCUT2D eigenvalue weighted by Gasteiger charge is 2.55. The molecule has 0 atom stereocenters. The van der Waals surface area contributed by atoms with E-state index in [-0.39, 0.29) is 23.7 Å². The second-order valence-electron chi connectivity index (χ2n) is 9.59. The van der Waals surface area contributed by atoms with Crippen molar-refractivity contribution in [1.82, 2.24) is 9.80 Å². The highest BCUT2D eigenvalue weighted by atomic mass is 35.5. The van der Waals surface area contributed by atoms with Gasteiger partial charge in [-0.25, -0.2) is 0 Å². The van der Waals surface area contributed by atoms with Gasteiger partial charge in [-0.15, -0.1) is 12.4 Å². The lowest BCUT2D eigenvalue weighted by molar-refractivity contribution is -0.160. The van der Waals surface area contributed by atoms with E-state index < -0.39 is 0 Å². The fourth-order valence-corrected chi connectivity index (χ4v) is 6.71. The van der Waals surface area contributed by atoms with Crippen LogP contribution < -0.4 is 5.32 Å². The lowest BCUT2D eigenvalue weighted by Gasteiger charge is -2.57. The van der Waals surface area contributed by atoms with Gasteiger partial charge in [0.25, 0.3) is 0 Å². The molecule has 0 aromatic heterocycles. The van der Waals surface area contributed by atoms with Gasteiger partial charge in [0.1, 0.15) is 0 Å². The number of amides is 2. The number of nitrogens with one attached hydrogen (secondary N) is 1. The average molecular weight is 418 g/mol. The third-order valence-electron chi connectivity index (χ3n) is 7.63. The van der Waals surface area contributed by atoms with Gasteiger partial charge in [0.05, 0.1) is 12.0 Å². The maximum Gasteiger partial charge on any atom is 0.241 e. The van der Waals surface area contributed by atoms with E-state index in [1.165, 1.54) is 19.3 Å². The maximum absolute atomic E-state index is 13.4. The van der Waals surface area contributed by atoms with E-state index in [1.807, 2.05) is 35.2 Å². The summed E-state index contributed by atoms with van der Waals surface area (Å²) in [5.74, 6) is 2.90. The first kappa shape index (κ1) is 20.5. The molecule has 1 aromatic carbocycles. The summed E-state index contributed by atoms with van der Waals surface area (Å²) < 4.78 is 0. The van der Waals surface area contributed by atoms with E-state index >= 15 is 0 Å². The van der Waals surface area contributed by atoms with Crippen LogP contribution in [0.25, 0.3) is 0 Å². The van der Waals surface area contributed by atoms with Crippen LogP contribution in [-0.4, -0.2) is 54.3 Å². The molecule has 1 N–H and O–H groups in total. The summed E-state index contributed by atoms with van der Waals surface area (Å²) in [5.41, 5.74) is 0.905. The molecule has 1 aliphatic heterocycles. The number of hydrogen-bond donors (Lipinski definition) is 1. The van der Waals surface area contributed by atoms with Crippen LogP contribution in [0.15, 0.2) is 30.3 Å². The monoisotopic (exact) mass is 417 g/mol. The Morgan fingerprint density at radius 3 is 1.93 bits per heavy atom. The zero-order valence-corrected chi connectivity index (χ0v) is 17.8. The minimum Gasteiger partial charge on any atom is -0.376 e. The number of para-hydroxylation sites is 1. The minimum absolute atomic E-state index is 0. The number of benzene rings is 1. The molecule has 5 fully saturated rings. The molecule has 0 spiro atoms. The maximum atomic E-state index is 13.4. The van der Waals surface area contributed by atoms with E-state index in [0.717, 1.165) is 42.7 Å². The summed E-state index contributed by atoms with van der Waals surface area (Å²) in [5, 5.41) is 3.19. The molecule has 4 bridgehead atoms. The predicted molar refractivity (Wildman–Crippen MR) is 116 cm³/mol. The van der Waals surface area contributed by atoms with Crippen molar-refractivity contribution in [3.05, 3.63) is 30.3 Å². The highest BCUT2D eigenvalue weighted by Crippen LogP contribution is 2.60. The second-order valence-corrected chi connectivity index (χ2v) is 9.59. The van der Waals surface area contributed by atoms with Gasteiger partial charge in [0, 0.05) is 31.9 Å². The van der Waals surface area contributed by atoms with Crippen LogP contribution in [0.4, 0.5) is 5.69 Å². The lowest BCUT2D eigenvalue weighted by atomic mass is 9.49. The number of hydrogen-bond acceptors (Lipinski definition) is 3. The van der Waals surface area contributed by atoms with Gasteiger partial charge in [-0.05, 0) is 68.4 Å². The molecule has 6 rings (SSSR count). The summed E-state index contributed by atoms with van der Waals surface area (Å²) in [6, 6.07) is 9.82. The number of halogens is 1.